The molecule has 106 valence electrons. The van der Waals surface area contributed by atoms with Crippen LogP contribution in [0.3, 0.4) is 0 Å². The van der Waals surface area contributed by atoms with Crippen LogP contribution in [0.1, 0.15) is 31.0 Å². The lowest BCUT2D eigenvalue weighted by molar-refractivity contribution is 0.353. The second-order valence-corrected chi connectivity index (χ2v) is 6.12. The van der Waals surface area contributed by atoms with Gasteiger partial charge in [0, 0.05) is 5.41 Å². The van der Waals surface area contributed by atoms with Crippen LogP contribution in [0, 0.1) is 0 Å². The standard InChI is InChI=1S/C16H18Cl2N2/c1-16(2,11-7-4-3-5-8-11)15(20-19)12-9-6-10-13(17)14(12)18/h3-10,15,20H,19H2,1-2H3. The van der Waals surface area contributed by atoms with Crippen LogP contribution in [0.15, 0.2) is 48.5 Å². The van der Waals surface area contributed by atoms with Gasteiger partial charge in [-0.3, -0.25) is 11.3 Å². The molecule has 1 atom stereocenters. The Morgan fingerprint density at radius 1 is 1.00 bits per heavy atom. The van der Waals surface area contributed by atoms with Gasteiger partial charge in [0.15, 0.2) is 0 Å². The smallest absolute Gasteiger partial charge is 0.0640 e. The molecular weight excluding hydrogens is 291 g/mol. The molecule has 0 bridgehead atoms. The van der Waals surface area contributed by atoms with E-state index in [1.54, 1.807) is 6.07 Å². The predicted octanol–water partition coefficient (Wildman–Crippen LogP) is 4.48. The van der Waals surface area contributed by atoms with E-state index in [-0.39, 0.29) is 11.5 Å². The molecule has 0 aliphatic heterocycles. The van der Waals surface area contributed by atoms with Gasteiger partial charge in [-0.25, -0.2) is 0 Å². The highest BCUT2D eigenvalue weighted by molar-refractivity contribution is 6.42. The van der Waals surface area contributed by atoms with Gasteiger partial charge in [0.05, 0.1) is 16.1 Å². The summed E-state index contributed by atoms with van der Waals surface area (Å²) in [6.45, 7) is 4.26. The molecule has 20 heavy (non-hydrogen) atoms. The summed E-state index contributed by atoms with van der Waals surface area (Å²) in [5.74, 6) is 5.80. The minimum Gasteiger partial charge on any atom is -0.271 e. The fourth-order valence-electron chi connectivity index (χ4n) is 2.46. The lowest BCUT2D eigenvalue weighted by Gasteiger charge is -2.35. The zero-order valence-electron chi connectivity index (χ0n) is 11.5. The molecular formula is C16H18Cl2N2. The molecule has 0 spiro atoms. The van der Waals surface area contributed by atoms with Gasteiger partial charge >= 0.3 is 0 Å². The first-order valence-corrected chi connectivity index (χ1v) is 7.19. The number of hydrogen-bond donors (Lipinski definition) is 2. The van der Waals surface area contributed by atoms with Crippen molar-refractivity contribution in [1.29, 1.82) is 0 Å². The van der Waals surface area contributed by atoms with Gasteiger partial charge in [0.1, 0.15) is 0 Å². The molecule has 0 fully saturated rings. The van der Waals surface area contributed by atoms with Crippen molar-refractivity contribution in [1.82, 2.24) is 5.43 Å². The Morgan fingerprint density at radius 2 is 1.65 bits per heavy atom. The van der Waals surface area contributed by atoms with Crippen LogP contribution in [0.4, 0.5) is 0 Å². The van der Waals surface area contributed by atoms with Gasteiger partial charge in [0.25, 0.3) is 0 Å². The van der Waals surface area contributed by atoms with Crippen molar-refractivity contribution in [3.8, 4) is 0 Å². The summed E-state index contributed by atoms with van der Waals surface area (Å²) in [5, 5.41) is 1.08. The zero-order chi connectivity index (χ0) is 14.8. The quantitative estimate of drug-likeness (QED) is 0.646. The van der Waals surface area contributed by atoms with Crippen molar-refractivity contribution < 1.29 is 0 Å². The Morgan fingerprint density at radius 3 is 2.25 bits per heavy atom. The first-order valence-electron chi connectivity index (χ1n) is 6.44. The van der Waals surface area contributed by atoms with Gasteiger partial charge in [-0.05, 0) is 17.2 Å². The van der Waals surface area contributed by atoms with Gasteiger partial charge in [-0.1, -0.05) is 79.5 Å². The number of rotatable bonds is 4. The highest BCUT2D eigenvalue weighted by Gasteiger charge is 2.33. The van der Waals surface area contributed by atoms with E-state index in [1.807, 2.05) is 30.3 Å². The van der Waals surface area contributed by atoms with Crippen molar-refractivity contribution >= 4 is 23.2 Å². The van der Waals surface area contributed by atoms with Gasteiger partial charge in [-0.2, -0.15) is 0 Å². The molecule has 2 rings (SSSR count). The molecule has 0 saturated heterocycles. The summed E-state index contributed by atoms with van der Waals surface area (Å²) in [5.41, 5.74) is 4.73. The van der Waals surface area contributed by atoms with E-state index in [0.29, 0.717) is 10.0 Å². The summed E-state index contributed by atoms with van der Waals surface area (Å²) >= 11 is 12.4. The summed E-state index contributed by atoms with van der Waals surface area (Å²) in [4.78, 5) is 0. The highest BCUT2D eigenvalue weighted by Crippen LogP contribution is 2.40. The average molecular weight is 309 g/mol. The second kappa shape index (κ2) is 6.15. The van der Waals surface area contributed by atoms with Crippen LogP contribution < -0.4 is 11.3 Å². The molecule has 1 unspecified atom stereocenters. The average Bonchev–Trinajstić information content (AvgIpc) is 2.45. The molecule has 0 aromatic heterocycles. The van der Waals surface area contributed by atoms with Crippen molar-refractivity contribution in [2.45, 2.75) is 25.3 Å². The monoisotopic (exact) mass is 308 g/mol. The Labute approximate surface area is 129 Å². The SMILES string of the molecule is CC(C)(c1ccccc1)C(NN)c1cccc(Cl)c1Cl. The largest absolute Gasteiger partial charge is 0.271 e. The van der Waals surface area contributed by atoms with E-state index in [2.05, 4.69) is 31.4 Å². The highest BCUT2D eigenvalue weighted by atomic mass is 35.5. The van der Waals surface area contributed by atoms with Crippen LogP contribution in [0.25, 0.3) is 0 Å². The summed E-state index contributed by atoms with van der Waals surface area (Å²) in [6, 6.07) is 15.7. The second-order valence-electron chi connectivity index (χ2n) is 5.33. The van der Waals surface area contributed by atoms with E-state index >= 15 is 0 Å². The minimum absolute atomic E-state index is 0.143. The lowest BCUT2D eigenvalue weighted by atomic mass is 9.75. The molecule has 4 heteroatoms. The molecule has 0 saturated carbocycles. The van der Waals surface area contributed by atoms with E-state index in [4.69, 9.17) is 29.0 Å². The molecule has 3 N–H and O–H groups in total. The number of nitrogens with two attached hydrogens (primary N) is 1. The first-order chi connectivity index (χ1) is 9.48. The minimum atomic E-state index is -0.232. The van der Waals surface area contributed by atoms with E-state index in [0.717, 1.165) is 5.56 Å². The molecule has 0 amide bonds. The van der Waals surface area contributed by atoms with Crippen LogP contribution in [-0.4, -0.2) is 0 Å². The molecule has 2 nitrogen and oxygen atoms in total. The molecule has 0 radical (unpaired) electrons. The molecule has 0 aliphatic rings. The van der Waals surface area contributed by atoms with Gasteiger partial charge in [0.2, 0.25) is 0 Å². The third-order valence-corrected chi connectivity index (χ3v) is 4.53. The van der Waals surface area contributed by atoms with Crippen LogP contribution in [0.5, 0.6) is 0 Å². The van der Waals surface area contributed by atoms with Crippen molar-refractivity contribution in [2.24, 2.45) is 5.84 Å². The number of halogens is 2. The predicted molar refractivity (Wildman–Crippen MR) is 86.0 cm³/mol. The molecule has 0 heterocycles. The molecule has 2 aromatic carbocycles. The van der Waals surface area contributed by atoms with Gasteiger partial charge in [-0.15, -0.1) is 0 Å². The topological polar surface area (TPSA) is 38.0 Å². The third-order valence-electron chi connectivity index (χ3n) is 3.70. The Hall–Kier alpha value is -1.06. The van der Waals surface area contributed by atoms with E-state index < -0.39 is 0 Å². The molecule has 2 aromatic rings. The maximum atomic E-state index is 6.33. The first kappa shape index (κ1) is 15.3. The fourth-order valence-corrected chi connectivity index (χ4v) is 2.88. The van der Waals surface area contributed by atoms with Crippen LogP contribution in [0.2, 0.25) is 10.0 Å². The molecule has 0 aliphatic carbocycles. The Balaban J connectivity index is 2.49. The van der Waals surface area contributed by atoms with Crippen molar-refractivity contribution in [3.05, 3.63) is 69.7 Å². The number of nitrogens with one attached hydrogen (secondary N) is 1. The van der Waals surface area contributed by atoms with Crippen LogP contribution >= 0.6 is 23.2 Å². The zero-order valence-corrected chi connectivity index (χ0v) is 13.0. The van der Waals surface area contributed by atoms with E-state index in [1.165, 1.54) is 5.56 Å². The van der Waals surface area contributed by atoms with Crippen molar-refractivity contribution in [2.75, 3.05) is 0 Å². The third kappa shape index (κ3) is 2.84. The summed E-state index contributed by atoms with van der Waals surface area (Å²) in [7, 11) is 0. The maximum Gasteiger partial charge on any atom is 0.0640 e. The van der Waals surface area contributed by atoms with Crippen LogP contribution in [-0.2, 0) is 5.41 Å². The number of hydrogen-bond acceptors (Lipinski definition) is 2. The fraction of sp³-hybridized carbons (Fsp3) is 0.250. The Kier molecular flexibility index (Phi) is 4.71. The van der Waals surface area contributed by atoms with Crippen molar-refractivity contribution in [3.63, 3.8) is 0 Å². The summed E-state index contributed by atoms with van der Waals surface area (Å²) < 4.78 is 0. The summed E-state index contributed by atoms with van der Waals surface area (Å²) in [6.07, 6.45) is 0. The maximum absolute atomic E-state index is 6.33. The normalized spacial score (nSPS) is 13.2. The Bertz CT molecular complexity index is 582. The van der Waals surface area contributed by atoms with Gasteiger partial charge < -0.3 is 0 Å². The number of hydrazine groups is 1. The van der Waals surface area contributed by atoms with E-state index in [9.17, 15) is 0 Å². The lowest BCUT2D eigenvalue weighted by Crippen LogP contribution is -2.41. The number of benzene rings is 2.